The smallest absolute Gasteiger partial charge is 0.410 e. The topological polar surface area (TPSA) is 101 Å². The number of aryl methyl sites for hydroxylation is 1. The lowest BCUT2D eigenvalue weighted by atomic mass is 9.87. The summed E-state index contributed by atoms with van der Waals surface area (Å²) in [5, 5.41) is 3.92. The highest BCUT2D eigenvalue weighted by atomic mass is 32.1. The van der Waals surface area contributed by atoms with Crippen LogP contribution in [0.1, 0.15) is 66.5 Å². The summed E-state index contributed by atoms with van der Waals surface area (Å²) in [5.74, 6) is -0.385. The summed E-state index contributed by atoms with van der Waals surface area (Å²) >= 11 is 1.30. The van der Waals surface area contributed by atoms with E-state index in [1.165, 1.54) is 11.3 Å². The lowest BCUT2D eigenvalue weighted by molar-refractivity contribution is 0.0123. The maximum absolute atomic E-state index is 15.9. The number of ether oxygens (including phenoxy) is 1. The van der Waals surface area contributed by atoms with E-state index in [2.05, 4.69) is 15.2 Å². The number of carbonyl (C=O) groups is 2. The first-order valence-corrected chi connectivity index (χ1v) is 14.8. The summed E-state index contributed by atoms with van der Waals surface area (Å²) in [5.41, 5.74) is 9.32. The Morgan fingerprint density at radius 2 is 1.85 bits per heavy atom. The number of hydrogen-bond acceptors (Lipinski definition) is 7. The maximum atomic E-state index is 15.9. The number of carbonyl (C=O) groups excluding carboxylic acids is 2. The normalized spacial score (nSPS) is 22.4. The van der Waals surface area contributed by atoms with Gasteiger partial charge in [0, 0.05) is 30.2 Å². The van der Waals surface area contributed by atoms with Crippen LogP contribution in [0.4, 0.5) is 20.6 Å². The third kappa shape index (κ3) is 4.87. The van der Waals surface area contributed by atoms with Crippen LogP contribution in [0.3, 0.4) is 0 Å². The van der Waals surface area contributed by atoms with E-state index in [9.17, 15) is 9.59 Å². The van der Waals surface area contributed by atoms with Gasteiger partial charge in [-0.1, -0.05) is 6.07 Å². The third-order valence-electron chi connectivity index (χ3n) is 8.23. The first kappa shape index (κ1) is 26.8. The number of rotatable bonds is 3. The van der Waals surface area contributed by atoms with Gasteiger partial charge in [-0.3, -0.25) is 9.69 Å². The number of halogens is 1. The minimum atomic E-state index is -0.545. The van der Waals surface area contributed by atoms with Crippen LogP contribution in [0.5, 0.6) is 0 Å². The Morgan fingerprint density at radius 3 is 2.55 bits per heavy atom. The van der Waals surface area contributed by atoms with E-state index in [1.807, 2.05) is 56.9 Å². The van der Waals surface area contributed by atoms with Crippen molar-refractivity contribution in [3.05, 3.63) is 51.8 Å². The molecule has 2 amide bonds. The van der Waals surface area contributed by atoms with Crippen LogP contribution in [-0.2, 0) is 17.6 Å². The molecule has 2 aliphatic heterocycles. The quantitative estimate of drug-likeness (QED) is 0.453. The van der Waals surface area contributed by atoms with Crippen LogP contribution in [0.25, 0.3) is 10.2 Å². The van der Waals surface area contributed by atoms with Crippen molar-refractivity contribution < 1.29 is 18.7 Å². The van der Waals surface area contributed by atoms with Gasteiger partial charge in [-0.2, -0.15) is 0 Å². The molecule has 3 N–H and O–H groups in total. The molecular weight excluding hydrogens is 529 g/mol. The second-order valence-corrected chi connectivity index (χ2v) is 13.3. The number of aromatic nitrogens is 1. The first-order valence-electron chi connectivity index (χ1n) is 14.0. The Morgan fingerprint density at radius 1 is 1.12 bits per heavy atom. The van der Waals surface area contributed by atoms with Crippen molar-refractivity contribution in [3.63, 3.8) is 0 Å². The molecule has 2 aromatic heterocycles. The molecule has 2 unspecified atom stereocenters. The van der Waals surface area contributed by atoms with Crippen LogP contribution in [0.2, 0.25) is 0 Å². The molecule has 4 heterocycles. The Labute approximate surface area is 237 Å². The number of anilines is 2. The van der Waals surface area contributed by atoms with Crippen molar-refractivity contribution in [2.24, 2.45) is 0 Å². The number of benzene rings is 1. The average molecular weight is 566 g/mol. The summed E-state index contributed by atoms with van der Waals surface area (Å²) in [6.45, 7) is 8.72. The zero-order valence-electron chi connectivity index (χ0n) is 23.4. The highest BCUT2D eigenvalue weighted by Crippen LogP contribution is 2.38. The number of hydrogen-bond donors (Lipinski definition) is 2. The highest BCUT2D eigenvalue weighted by Gasteiger charge is 2.45. The van der Waals surface area contributed by atoms with Crippen molar-refractivity contribution in [1.29, 1.82) is 0 Å². The number of nitrogens with one attached hydrogen (secondary N) is 1. The van der Waals surface area contributed by atoms with Gasteiger partial charge in [-0.25, -0.2) is 14.2 Å². The Balaban J connectivity index is 1.14. The molecular formula is C30H36FN5O3S. The van der Waals surface area contributed by atoms with E-state index in [-0.39, 0.29) is 35.9 Å². The van der Waals surface area contributed by atoms with E-state index < -0.39 is 5.60 Å². The number of piperazine rings is 1. The van der Waals surface area contributed by atoms with Crippen molar-refractivity contribution in [2.45, 2.75) is 83.5 Å². The number of pyridine rings is 1. The molecule has 40 heavy (non-hydrogen) atoms. The predicted molar refractivity (Wildman–Crippen MR) is 156 cm³/mol. The third-order valence-corrected chi connectivity index (χ3v) is 9.34. The molecule has 1 aromatic carbocycles. The molecule has 3 aromatic rings. The zero-order chi connectivity index (χ0) is 28.3. The SMILES string of the molecule is Cc1ccc2c(N)c(C(=O)N[C@@H]3CCc4c(ccc(N5CC6CCC(C5)N6C(=O)OC(C)(C)C)c4F)C3)sc2n1. The van der Waals surface area contributed by atoms with Gasteiger partial charge in [-0.05, 0) is 89.1 Å². The molecule has 3 atom stereocenters. The fraction of sp³-hybridized carbons (Fsp3) is 0.500. The highest BCUT2D eigenvalue weighted by molar-refractivity contribution is 7.21. The molecule has 8 nitrogen and oxygen atoms in total. The number of nitrogens with two attached hydrogens (primary N) is 1. The van der Waals surface area contributed by atoms with Crippen LogP contribution in [-0.4, -0.2) is 58.7 Å². The largest absolute Gasteiger partial charge is 0.444 e. The van der Waals surface area contributed by atoms with Crippen molar-refractivity contribution in [2.75, 3.05) is 23.7 Å². The summed E-state index contributed by atoms with van der Waals surface area (Å²) in [7, 11) is 0. The van der Waals surface area contributed by atoms with E-state index in [0.717, 1.165) is 39.9 Å². The summed E-state index contributed by atoms with van der Waals surface area (Å²) in [6.07, 6.45) is 3.29. The predicted octanol–water partition coefficient (Wildman–Crippen LogP) is 5.20. The van der Waals surface area contributed by atoms with E-state index in [4.69, 9.17) is 10.5 Å². The summed E-state index contributed by atoms with van der Waals surface area (Å²) in [6, 6.07) is 7.58. The molecule has 0 spiro atoms. The Hall–Kier alpha value is -3.40. The van der Waals surface area contributed by atoms with Gasteiger partial charge in [0.2, 0.25) is 0 Å². The lowest BCUT2D eigenvalue weighted by Crippen LogP contribution is -2.57. The zero-order valence-corrected chi connectivity index (χ0v) is 24.2. The molecule has 212 valence electrons. The van der Waals surface area contributed by atoms with Gasteiger partial charge >= 0.3 is 6.09 Å². The molecule has 0 radical (unpaired) electrons. The van der Waals surface area contributed by atoms with E-state index >= 15 is 4.39 Å². The number of nitrogens with zero attached hydrogens (tertiary/aromatic N) is 3. The summed E-state index contributed by atoms with van der Waals surface area (Å²) < 4.78 is 21.5. The number of fused-ring (bicyclic) bond motifs is 4. The summed E-state index contributed by atoms with van der Waals surface area (Å²) in [4.78, 5) is 35.6. The second-order valence-electron chi connectivity index (χ2n) is 12.3. The number of thiophene rings is 1. The van der Waals surface area contributed by atoms with Crippen LogP contribution in [0, 0.1) is 12.7 Å². The van der Waals surface area contributed by atoms with Crippen LogP contribution < -0.4 is 16.0 Å². The van der Waals surface area contributed by atoms with Gasteiger partial charge in [-0.15, -0.1) is 11.3 Å². The van der Waals surface area contributed by atoms with Crippen molar-refractivity contribution >= 4 is 44.9 Å². The maximum Gasteiger partial charge on any atom is 0.410 e. The second kappa shape index (κ2) is 9.90. The number of amides is 2. The lowest BCUT2D eigenvalue weighted by Gasteiger charge is -2.42. The minimum absolute atomic E-state index is 0.0177. The van der Waals surface area contributed by atoms with Crippen molar-refractivity contribution in [1.82, 2.24) is 15.2 Å². The fourth-order valence-corrected chi connectivity index (χ4v) is 7.43. The molecule has 0 saturated carbocycles. The number of nitrogen functional groups attached to an aromatic ring is 1. The van der Waals surface area contributed by atoms with Gasteiger partial charge in [0.1, 0.15) is 21.1 Å². The standard InChI is InChI=1S/C30H36FN5O3S/c1-16-5-10-22-25(32)26(40-28(22)33-16)27(37)34-18-7-11-21-17(13-18)6-12-23(24(21)31)35-14-19-8-9-20(15-35)36(19)29(38)39-30(2,3)4/h5-6,10,12,18-20H,7-9,11,13-15,32H2,1-4H3,(H,34,37)/t18-,19?,20?/m1/s1. The Bertz CT molecular complexity index is 1480. The molecule has 2 saturated heterocycles. The van der Waals surface area contributed by atoms with Crippen molar-refractivity contribution in [3.8, 4) is 0 Å². The molecule has 3 aliphatic rings. The fourth-order valence-electron chi connectivity index (χ4n) is 6.39. The molecule has 10 heteroatoms. The molecule has 2 fully saturated rings. The van der Waals surface area contributed by atoms with E-state index in [0.29, 0.717) is 48.6 Å². The molecule has 2 bridgehead atoms. The minimum Gasteiger partial charge on any atom is -0.444 e. The molecule has 1 aliphatic carbocycles. The van der Waals surface area contributed by atoms with Gasteiger partial charge < -0.3 is 20.7 Å². The van der Waals surface area contributed by atoms with E-state index in [1.54, 1.807) is 0 Å². The first-order chi connectivity index (χ1) is 19.0. The Kier molecular flexibility index (Phi) is 6.64. The molecule has 6 rings (SSSR count). The van der Waals surface area contributed by atoms with Gasteiger partial charge in [0.15, 0.2) is 0 Å². The van der Waals surface area contributed by atoms with Crippen LogP contribution in [0.15, 0.2) is 24.3 Å². The van der Waals surface area contributed by atoms with Gasteiger partial charge in [0.25, 0.3) is 5.91 Å². The monoisotopic (exact) mass is 565 g/mol. The van der Waals surface area contributed by atoms with Gasteiger partial charge in [0.05, 0.1) is 23.5 Å². The average Bonchev–Trinajstić information content (AvgIpc) is 3.35. The van der Waals surface area contributed by atoms with Crippen LogP contribution >= 0.6 is 11.3 Å².